The molecule has 1 aliphatic rings. The Morgan fingerprint density at radius 1 is 1.24 bits per heavy atom. The summed E-state index contributed by atoms with van der Waals surface area (Å²) in [6.07, 6.45) is 3.14. The molecule has 0 amide bonds. The molecule has 0 spiro atoms. The van der Waals surface area contributed by atoms with E-state index >= 15 is 0 Å². The van der Waals surface area contributed by atoms with E-state index in [1.165, 1.54) is 6.20 Å². The number of para-hydroxylation sites is 1. The monoisotopic (exact) mass is 343 g/mol. The summed E-state index contributed by atoms with van der Waals surface area (Å²) < 4.78 is 12.7. The third kappa shape index (κ3) is 3.70. The number of benzene rings is 1. The molecule has 1 aliphatic carbocycles. The first-order chi connectivity index (χ1) is 12.1. The molecule has 1 aromatic carbocycles. The zero-order valence-corrected chi connectivity index (χ0v) is 14.2. The van der Waals surface area contributed by atoms with Crippen LogP contribution < -0.4 is 4.74 Å². The lowest BCUT2D eigenvalue weighted by Crippen LogP contribution is -2.42. The first kappa shape index (κ1) is 17.1. The molecule has 0 unspecified atom stereocenters. The lowest BCUT2D eigenvalue weighted by molar-refractivity contribution is -0.160. The van der Waals surface area contributed by atoms with Gasteiger partial charge in [0.1, 0.15) is 24.0 Å². The van der Waals surface area contributed by atoms with Crippen molar-refractivity contribution in [2.45, 2.75) is 32.6 Å². The van der Waals surface area contributed by atoms with Gasteiger partial charge in [0.15, 0.2) is 0 Å². The molecule has 0 radical (unpaired) electrons. The van der Waals surface area contributed by atoms with Crippen molar-refractivity contribution < 1.29 is 19.1 Å². The van der Waals surface area contributed by atoms with E-state index in [2.05, 4.69) is 10.3 Å². The van der Waals surface area contributed by atoms with Crippen molar-refractivity contribution in [2.24, 2.45) is 5.41 Å². The Balaban J connectivity index is 1.77. The van der Waals surface area contributed by atoms with E-state index < -0.39 is 5.41 Å². The Morgan fingerprint density at radius 2 is 1.96 bits per heavy atom. The molecule has 1 saturated carbocycles. The zero-order chi connectivity index (χ0) is 17.7. The number of rotatable bonds is 6. The topological polar surface area (TPSA) is 83.3 Å². The summed E-state index contributed by atoms with van der Waals surface area (Å²) in [5, 5.41) is 7.93. The van der Waals surface area contributed by atoms with Crippen LogP contribution in [0.3, 0.4) is 0 Å². The molecule has 25 heavy (non-hydrogen) atoms. The molecule has 2 aromatic rings. The fourth-order valence-corrected chi connectivity index (χ4v) is 2.98. The molecule has 3 rings (SSSR count). The summed E-state index contributed by atoms with van der Waals surface area (Å²) in [5.74, 6) is 0.323. The van der Waals surface area contributed by atoms with Gasteiger partial charge >= 0.3 is 5.97 Å². The Bertz CT molecular complexity index is 732. The van der Waals surface area contributed by atoms with Gasteiger partial charge in [0.2, 0.25) is 5.88 Å². The molecule has 0 aliphatic heterocycles. The van der Waals surface area contributed by atoms with Crippen LogP contribution in [0.5, 0.6) is 5.88 Å². The maximum atomic E-state index is 12.5. The van der Waals surface area contributed by atoms with Crippen LogP contribution in [0.25, 0.3) is 5.69 Å². The van der Waals surface area contributed by atoms with Crippen LogP contribution in [0.15, 0.2) is 36.5 Å². The quantitative estimate of drug-likeness (QED) is 0.749. The third-order valence-electron chi connectivity index (χ3n) is 4.49. The molecule has 0 saturated heterocycles. The average Bonchev–Trinajstić information content (AvgIpc) is 3.11. The number of nitrogens with zero attached hydrogens (tertiary/aromatic N) is 3. The number of aromatic nitrogens is 3. The lowest BCUT2D eigenvalue weighted by atomic mass is 9.74. The number of carbonyl (C=O) groups excluding carboxylic acids is 2. The van der Waals surface area contributed by atoms with E-state index in [1.54, 1.807) is 11.6 Å². The van der Waals surface area contributed by atoms with Crippen LogP contribution in [0.2, 0.25) is 0 Å². The lowest BCUT2D eigenvalue weighted by Gasteiger charge is -2.33. The van der Waals surface area contributed by atoms with Crippen LogP contribution >= 0.6 is 0 Å². The van der Waals surface area contributed by atoms with Gasteiger partial charge < -0.3 is 9.47 Å². The van der Waals surface area contributed by atoms with Crippen molar-refractivity contribution in [3.63, 3.8) is 0 Å². The standard InChI is InChI=1S/C18H21N3O4/c1-2-24-17(23)18(10-8-15(22)9-11-18)13-25-16-12-19-20-21(16)14-6-4-3-5-7-14/h3-7,12H,2,8-11,13H2,1H3. The maximum Gasteiger partial charge on any atom is 0.315 e. The van der Waals surface area contributed by atoms with Gasteiger partial charge in [0.25, 0.3) is 0 Å². The highest BCUT2D eigenvalue weighted by atomic mass is 16.5. The summed E-state index contributed by atoms with van der Waals surface area (Å²) in [7, 11) is 0. The van der Waals surface area contributed by atoms with E-state index in [4.69, 9.17) is 9.47 Å². The second-order valence-corrected chi connectivity index (χ2v) is 6.15. The smallest absolute Gasteiger partial charge is 0.315 e. The van der Waals surface area contributed by atoms with Gasteiger partial charge in [0, 0.05) is 12.8 Å². The van der Waals surface area contributed by atoms with Crippen molar-refractivity contribution >= 4 is 11.8 Å². The SMILES string of the molecule is CCOC(=O)C1(COc2cnnn2-c2ccccc2)CCC(=O)CC1. The molecule has 1 heterocycles. The molecular weight excluding hydrogens is 322 g/mol. The Morgan fingerprint density at radius 3 is 2.64 bits per heavy atom. The molecule has 1 aromatic heterocycles. The van der Waals surface area contributed by atoms with Crippen molar-refractivity contribution in [1.29, 1.82) is 0 Å². The number of carbonyl (C=O) groups is 2. The highest BCUT2D eigenvalue weighted by Gasteiger charge is 2.44. The number of hydrogen-bond acceptors (Lipinski definition) is 6. The van der Waals surface area contributed by atoms with Crippen molar-refractivity contribution in [2.75, 3.05) is 13.2 Å². The highest BCUT2D eigenvalue weighted by molar-refractivity contribution is 5.84. The summed E-state index contributed by atoms with van der Waals surface area (Å²) in [4.78, 5) is 24.1. The minimum Gasteiger partial charge on any atom is -0.475 e. The summed E-state index contributed by atoms with van der Waals surface area (Å²) in [5.41, 5.74) is 0.0226. The summed E-state index contributed by atoms with van der Waals surface area (Å²) in [6, 6.07) is 9.49. The molecule has 0 N–H and O–H groups in total. The molecule has 7 nitrogen and oxygen atoms in total. The van der Waals surface area contributed by atoms with Gasteiger partial charge in [-0.15, -0.1) is 5.10 Å². The molecule has 1 fully saturated rings. The average molecular weight is 343 g/mol. The third-order valence-corrected chi connectivity index (χ3v) is 4.49. The van der Waals surface area contributed by atoms with Crippen LogP contribution in [0.4, 0.5) is 0 Å². The van der Waals surface area contributed by atoms with Crippen molar-refractivity contribution in [3.05, 3.63) is 36.5 Å². The second-order valence-electron chi connectivity index (χ2n) is 6.15. The number of hydrogen-bond donors (Lipinski definition) is 0. The first-order valence-corrected chi connectivity index (χ1v) is 8.42. The van der Waals surface area contributed by atoms with Gasteiger partial charge in [-0.25, -0.2) is 0 Å². The van der Waals surface area contributed by atoms with Gasteiger partial charge in [-0.1, -0.05) is 23.4 Å². The van der Waals surface area contributed by atoms with Gasteiger partial charge in [-0.2, -0.15) is 4.68 Å². The number of ether oxygens (including phenoxy) is 2. The zero-order valence-electron chi connectivity index (χ0n) is 14.2. The van der Waals surface area contributed by atoms with E-state index in [0.29, 0.717) is 38.2 Å². The largest absolute Gasteiger partial charge is 0.475 e. The van der Waals surface area contributed by atoms with Gasteiger partial charge in [0.05, 0.1) is 12.3 Å². The van der Waals surface area contributed by atoms with Crippen LogP contribution in [0, 0.1) is 5.41 Å². The second kappa shape index (κ2) is 7.46. The van der Waals surface area contributed by atoms with Gasteiger partial charge in [-0.05, 0) is 31.9 Å². The van der Waals surface area contributed by atoms with E-state index in [9.17, 15) is 9.59 Å². The summed E-state index contributed by atoms with van der Waals surface area (Å²) in [6.45, 7) is 2.21. The predicted molar refractivity (Wildman–Crippen MR) is 89.4 cm³/mol. The van der Waals surface area contributed by atoms with Crippen molar-refractivity contribution in [1.82, 2.24) is 15.0 Å². The normalized spacial score (nSPS) is 16.4. The van der Waals surface area contributed by atoms with Crippen LogP contribution in [0.1, 0.15) is 32.6 Å². The fourth-order valence-electron chi connectivity index (χ4n) is 2.98. The number of ketones is 1. The first-order valence-electron chi connectivity index (χ1n) is 8.42. The van der Waals surface area contributed by atoms with Crippen molar-refractivity contribution in [3.8, 4) is 11.6 Å². The predicted octanol–water partition coefficient (Wildman–Crippen LogP) is 2.34. The van der Waals surface area contributed by atoms with E-state index in [0.717, 1.165) is 5.69 Å². The minimum atomic E-state index is -0.796. The highest BCUT2D eigenvalue weighted by Crippen LogP contribution is 2.37. The van der Waals surface area contributed by atoms with Gasteiger partial charge in [-0.3, -0.25) is 9.59 Å². The minimum absolute atomic E-state index is 0.138. The maximum absolute atomic E-state index is 12.5. The molecule has 7 heteroatoms. The fraction of sp³-hybridized carbons (Fsp3) is 0.444. The molecule has 132 valence electrons. The Labute approximate surface area is 145 Å². The molecule has 0 bridgehead atoms. The number of Topliss-reactive ketones (excluding diaryl/α,β-unsaturated/α-hetero) is 1. The van der Waals surface area contributed by atoms with E-state index in [-0.39, 0.29) is 18.4 Å². The van der Waals surface area contributed by atoms with Crippen LogP contribution in [-0.4, -0.2) is 40.0 Å². The van der Waals surface area contributed by atoms with Crippen LogP contribution in [-0.2, 0) is 14.3 Å². The van der Waals surface area contributed by atoms with E-state index in [1.807, 2.05) is 30.3 Å². The Kier molecular flexibility index (Phi) is 5.11. The molecular formula is C18H21N3O4. The number of esters is 1. The summed E-state index contributed by atoms with van der Waals surface area (Å²) >= 11 is 0. The molecule has 0 atom stereocenters. The Hall–Kier alpha value is -2.70.